The molecular weight excluding hydrogens is 560 g/mol. The second-order valence-corrected chi connectivity index (χ2v) is 11.0. The Morgan fingerprint density at radius 2 is 1.51 bits per heavy atom. The molecule has 0 bridgehead atoms. The van der Waals surface area contributed by atoms with E-state index in [1.54, 1.807) is 25.1 Å². The van der Waals surface area contributed by atoms with E-state index in [-0.39, 0.29) is 28.4 Å². The second kappa shape index (κ2) is 16.8. The molecule has 0 saturated heterocycles. The number of anilines is 1. The Kier molecular flexibility index (Phi) is 15.9. The summed E-state index contributed by atoms with van der Waals surface area (Å²) in [4.78, 5) is 24.9. The second-order valence-electron chi connectivity index (χ2n) is 7.52. The summed E-state index contributed by atoms with van der Waals surface area (Å²) in [6.07, 6.45) is 3.20. The van der Waals surface area contributed by atoms with Crippen LogP contribution < -0.4 is 5.32 Å². The number of benzene rings is 2. The number of halogens is 4. The fourth-order valence-corrected chi connectivity index (χ4v) is 4.28. The van der Waals surface area contributed by atoms with Crippen molar-refractivity contribution < 1.29 is 22.4 Å². The highest BCUT2D eigenvalue weighted by Crippen LogP contribution is 2.43. The molecule has 1 heterocycles. The summed E-state index contributed by atoms with van der Waals surface area (Å²) < 4.78 is 34.9. The van der Waals surface area contributed by atoms with Crippen LogP contribution in [-0.2, 0) is 14.6 Å². The number of fused-ring (bicyclic) bond motifs is 1. The lowest BCUT2D eigenvalue weighted by atomic mass is 9.92. The van der Waals surface area contributed by atoms with Gasteiger partial charge in [0, 0.05) is 34.2 Å². The highest BCUT2D eigenvalue weighted by Gasteiger charge is 2.35. The van der Waals surface area contributed by atoms with Crippen LogP contribution in [0.1, 0.15) is 69.8 Å². The quantitative estimate of drug-likeness (QED) is 0.207. The van der Waals surface area contributed by atoms with Gasteiger partial charge in [-0.05, 0) is 38.1 Å². The summed E-state index contributed by atoms with van der Waals surface area (Å²) in [6, 6.07) is 8.78. The first kappa shape index (κ1) is 35.1. The lowest BCUT2D eigenvalue weighted by Crippen LogP contribution is -2.16. The summed E-state index contributed by atoms with van der Waals surface area (Å²) in [5, 5.41) is 3.32. The fraction of sp³-hybridized carbons (Fsp3) is 0.407. The van der Waals surface area contributed by atoms with Crippen LogP contribution in [0.25, 0.3) is 0 Å². The number of amides is 1. The number of nitrogens with one attached hydrogen (secondary N) is 1. The molecule has 0 radical (unpaired) electrons. The van der Waals surface area contributed by atoms with Crippen molar-refractivity contribution in [2.75, 3.05) is 11.6 Å². The number of sulfone groups is 1. The van der Waals surface area contributed by atoms with Gasteiger partial charge in [0.1, 0.15) is 6.17 Å². The lowest BCUT2D eigenvalue weighted by molar-refractivity contribution is -0.117. The third-order valence-electron chi connectivity index (χ3n) is 4.69. The Balaban J connectivity index is 0.000000917. The Labute approximate surface area is 235 Å². The third kappa shape index (κ3) is 11.1. The van der Waals surface area contributed by atoms with Gasteiger partial charge in [-0.3, -0.25) is 9.59 Å². The highest BCUT2D eigenvalue weighted by atomic mass is 35.5. The summed E-state index contributed by atoms with van der Waals surface area (Å²) in [6.45, 7) is 11.3. The smallest absolute Gasteiger partial charge is 0.232 e. The first-order valence-corrected chi connectivity index (χ1v) is 15.0. The minimum Gasteiger partial charge on any atom is -0.324 e. The topological polar surface area (TPSA) is 80.3 Å². The molecule has 37 heavy (non-hydrogen) atoms. The van der Waals surface area contributed by atoms with Gasteiger partial charge < -0.3 is 5.32 Å². The van der Waals surface area contributed by atoms with Gasteiger partial charge in [-0.2, -0.15) is 0 Å². The Morgan fingerprint density at radius 3 is 1.95 bits per heavy atom. The van der Waals surface area contributed by atoms with Crippen molar-refractivity contribution in [3.63, 3.8) is 0 Å². The molecule has 0 aromatic heterocycles. The van der Waals surface area contributed by atoms with E-state index in [2.05, 4.69) is 5.32 Å². The van der Waals surface area contributed by atoms with Gasteiger partial charge in [-0.1, -0.05) is 75.2 Å². The van der Waals surface area contributed by atoms with Crippen LogP contribution in [0.5, 0.6) is 0 Å². The highest BCUT2D eigenvalue weighted by molar-refractivity contribution is 7.90. The monoisotopic (exact) mass is 593 g/mol. The molecule has 206 valence electrons. The molecule has 1 aliphatic heterocycles. The van der Waals surface area contributed by atoms with Gasteiger partial charge in [0.2, 0.25) is 5.91 Å². The first-order valence-electron chi connectivity index (χ1n) is 11.9. The largest absolute Gasteiger partial charge is 0.324 e. The third-order valence-corrected chi connectivity index (χ3v) is 6.61. The molecule has 3 atom stereocenters. The number of allylic oxidation sites excluding steroid dienone is 2. The van der Waals surface area contributed by atoms with E-state index in [1.165, 1.54) is 37.3 Å². The summed E-state index contributed by atoms with van der Waals surface area (Å²) >= 11 is 17.7. The van der Waals surface area contributed by atoms with E-state index in [1.807, 2.05) is 27.7 Å². The molecule has 0 spiro atoms. The Morgan fingerprint density at radius 1 is 1.00 bits per heavy atom. The van der Waals surface area contributed by atoms with Gasteiger partial charge in [-0.15, -0.1) is 11.6 Å². The lowest BCUT2D eigenvalue weighted by Gasteiger charge is -2.10. The molecule has 0 aliphatic carbocycles. The van der Waals surface area contributed by atoms with Gasteiger partial charge in [0.25, 0.3) is 0 Å². The number of hydrogen-bond donors (Lipinski definition) is 1. The summed E-state index contributed by atoms with van der Waals surface area (Å²) in [5.41, 5.74) is 1.27. The average molecular weight is 595 g/mol. The number of ketones is 1. The molecule has 2 aromatic carbocycles. The van der Waals surface area contributed by atoms with Crippen LogP contribution in [0.4, 0.5) is 10.1 Å². The van der Waals surface area contributed by atoms with Gasteiger partial charge in [-0.25, -0.2) is 12.8 Å². The van der Waals surface area contributed by atoms with Crippen LogP contribution in [0.3, 0.4) is 0 Å². The molecule has 10 heteroatoms. The Hall–Kier alpha value is -1.93. The van der Waals surface area contributed by atoms with Gasteiger partial charge >= 0.3 is 0 Å². The molecule has 3 unspecified atom stereocenters. The number of hydrogen-bond acceptors (Lipinski definition) is 4. The first-order chi connectivity index (χ1) is 17.3. The van der Waals surface area contributed by atoms with E-state index < -0.39 is 21.9 Å². The average Bonchev–Trinajstić information content (AvgIpc) is 3.19. The maximum atomic E-state index is 12.5. The predicted molar refractivity (Wildman–Crippen MR) is 154 cm³/mol. The maximum Gasteiger partial charge on any atom is 0.232 e. The number of rotatable bonds is 6. The minimum atomic E-state index is -3.33. The van der Waals surface area contributed by atoms with Crippen LogP contribution in [-0.4, -0.2) is 37.9 Å². The van der Waals surface area contributed by atoms with Crippen LogP contribution >= 0.6 is 34.8 Å². The summed E-state index contributed by atoms with van der Waals surface area (Å²) in [7, 11) is -3.33. The number of Topliss-reactive ketones (excluding diaryl/α,β-unsaturated/α-hetero) is 1. The zero-order valence-electron chi connectivity index (χ0n) is 22.1. The standard InChI is InChI=1S/C17H13Cl2NO4S.C6H10ClF.2C2H6/c1-25(23,24)10-4-2-9(3-5-10)14(21)8-11-15-12(18)6-7-13(19)16(15)20-17(11)22;1-5(7)3-4-6(2)8;2*1-2/h2-7,11H,8H2,1H3,(H,20,22);3-6H,1-2H3;2*1-2H3/b;4-3-;;. The van der Waals surface area contributed by atoms with Crippen LogP contribution in [0.2, 0.25) is 10.0 Å². The predicted octanol–water partition coefficient (Wildman–Crippen LogP) is 8.29. The van der Waals surface area contributed by atoms with Crippen molar-refractivity contribution >= 4 is 62.0 Å². The van der Waals surface area contributed by atoms with Crippen molar-refractivity contribution in [2.24, 2.45) is 0 Å². The number of alkyl halides is 2. The summed E-state index contributed by atoms with van der Waals surface area (Å²) in [5.74, 6) is -1.36. The SMILES string of the molecule is CC.CC.CC(F)/C=C\C(C)Cl.CS(=O)(=O)c1ccc(C(=O)CC2C(=O)Nc3c(Cl)ccc(Cl)c32)cc1. The van der Waals surface area contributed by atoms with Crippen molar-refractivity contribution in [1.29, 1.82) is 0 Å². The van der Waals surface area contributed by atoms with Gasteiger partial charge in [0.05, 0.1) is 21.5 Å². The minimum absolute atomic E-state index is 0.0619. The van der Waals surface area contributed by atoms with Crippen molar-refractivity contribution in [1.82, 2.24) is 0 Å². The Bertz CT molecular complexity index is 1150. The van der Waals surface area contributed by atoms with E-state index in [0.717, 1.165) is 6.26 Å². The molecular formula is C27H35Cl3FNO4S. The van der Waals surface area contributed by atoms with Crippen LogP contribution in [0, 0.1) is 0 Å². The van der Waals surface area contributed by atoms with E-state index >= 15 is 0 Å². The van der Waals surface area contributed by atoms with E-state index in [9.17, 15) is 22.4 Å². The molecule has 0 saturated carbocycles. The molecule has 1 aliphatic rings. The fourth-order valence-electron chi connectivity index (χ4n) is 3.07. The zero-order chi connectivity index (χ0) is 28.9. The molecule has 0 fully saturated rings. The molecule has 1 N–H and O–H groups in total. The van der Waals surface area contributed by atoms with Gasteiger partial charge in [0.15, 0.2) is 15.6 Å². The van der Waals surface area contributed by atoms with Crippen molar-refractivity contribution in [2.45, 2.75) is 70.3 Å². The molecule has 5 nitrogen and oxygen atoms in total. The van der Waals surface area contributed by atoms with E-state index in [4.69, 9.17) is 34.8 Å². The maximum absolute atomic E-state index is 12.5. The normalized spacial score (nSPS) is 15.5. The number of carbonyl (C=O) groups is 2. The van der Waals surface area contributed by atoms with E-state index in [0.29, 0.717) is 26.9 Å². The van der Waals surface area contributed by atoms with Crippen LogP contribution in [0.15, 0.2) is 53.4 Å². The van der Waals surface area contributed by atoms with Crippen molar-refractivity contribution in [3.05, 3.63) is 69.7 Å². The number of carbonyl (C=O) groups excluding carboxylic acids is 2. The van der Waals surface area contributed by atoms with Crippen molar-refractivity contribution in [3.8, 4) is 0 Å². The zero-order valence-corrected chi connectivity index (χ0v) is 25.2. The molecule has 1 amide bonds. The molecule has 3 rings (SSSR count). The molecule has 2 aromatic rings.